The maximum absolute atomic E-state index is 12.7. The molecule has 5 heteroatoms. The lowest BCUT2D eigenvalue weighted by Gasteiger charge is -2.02. The molecule has 1 heterocycles. The second-order valence-electron chi connectivity index (χ2n) is 2.80. The van der Waals surface area contributed by atoms with Crippen molar-refractivity contribution >= 4 is 56.6 Å². The summed E-state index contributed by atoms with van der Waals surface area (Å²) in [6.07, 6.45) is -2.44. The van der Waals surface area contributed by atoms with E-state index in [-0.39, 0.29) is 5.56 Å². The number of halogens is 3. The van der Waals surface area contributed by atoms with Gasteiger partial charge in [0.1, 0.15) is 0 Å². The molecule has 0 aliphatic carbocycles. The molecule has 0 nitrogen and oxygen atoms in total. The van der Waals surface area contributed by atoms with Crippen molar-refractivity contribution in [3.63, 3.8) is 0 Å². The molecule has 0 aliphatic rings. The van der Waals surface area contributed by atoms with E-state index in [9.17, 15) is 8.78 Å². The maximum atomic E-state index is 12.7. The highest BCUT2D eigenvalue weighted by molar-refractivity contribution is 14.1. The average Bonchev–Trinajstić information content (AvgIpc) is 2.42. The van der Waals surface area contributed by atoms with Crippen molar-refractivity contribution in [3.05, 3.63) is 26.6 Å². The smallest absolute Gasteiger partial charge is 0.205 e. The molecule has 0 unspecified atom stereocenters. The van der Waals surface area contributed by atoms with Gasteiger partial charge in [0.25, 0.3) is 6.43 Å². The van der Waals surface area contributed by atoms with Crippen molar-refractivity contribution in [2.45, 2.75) is 11.3 Å². The fraction of sp³-hybridized carbons (Fsp3) is 0.111. The van der Waals surface area contributed by atoms with Crippen molar-refractivity contribution in [1.29, 1.82) is 0 Å². The summed E-state index contributed by atoms with van der Waals surface area (Å²) in [5.41, 5.74) is 0.0756. The molecule has 2 aromatic rings. The molecule has 0 aliphatic heterocycles. The Kier molecular flexibility index (Phi) is 2.99. The van der Waals surface area contributed by atoms with Gasteiger partial charge in [0.05, 0.1) is 2.88 Å². The van der Waals surface area contributed by atoms with E-state index in [1.54, 1.807) is 6.07 Å². The van der Waals surface area contributed by atoms with Gasteiger partial charge in [-0.15, -0.1) is 24.0 Å². The first-order chi connectivity index (χ1) is 6.58. The first kappa shape index (κ1) is 10.6. The Morgan fingerprint density at radius 1 is 1.29 bits per heavy atom. The molecule has 0 bridgehead atoms. The van der Waals surface area contributed by atoms with Gasteiger partial charge in [-0.25, -0.2) is 8.78 Å². The molecule has 0 saturated heterocycles. The van der Waals surface area contributed by atoms with Crippen molar-refractivity contribution in [2.75, 3.05) is 0 Å². The van der Waals surface area contributed by atoms with Crippen molar-refractivity contribution in [1.82, 2.24) is 0 Å². The zero-order chi connectivity index (χ0) is 10.3. The number of thiol groups is 1. The molecule has 0 spiro atoms. The molecular formula is C9H5F2IS2. The van der Waals surface area contributed by atoms with E-state index >= 15 is 0 Å². The summed E-state index contributed by atoms with van der Waals surface area (Å²) in [6, 6.07) is 5.03. The van der Waals surface area contributed by atoms with Crippen LogP contribution in [0, 0.1) is 2.88 Å². The van der Waals surface area contributed by atoms with Crippen LogP contribution in [0.25, 0.3) is 10.1 Å². The Bertz CT molecular complexity index is 479. The number of hydrogen-bond donors (Lipinski definition) is 1. The Balaban J connectivity index is 2.79. The maximum Gasteiger partial charge on any atom is 0.264 e. The number of thiophene rings is 1. The summed E-state index contributed by atoms with van der Waals surface area (Å²) < 4.78 is 27.2. The molecule has 2 rings (SSSR count). The summed E-state index contributed by atoms with van der Waals surface area (Å²) in [5.74, 6) is 0. The van der Waals surface area contributed by atoms with Crippen LogP contribution in [-0.2, 0) is 0 Å². The third-order valence-corrected chi connectivity index (χ3v) is 3.96. The number of hydrogen-bond acceptors (Lipinski definition) is 2. The number of rotatable bonds is 1. The van der Waals surface area contributed by atoms with Crippen molar-refractivity contribution in [2.24, 2.45) is 0 Å². The van der Waals surface area contributed by atoms with Gasteiger partial charge >= 0.3 is 0 Å². The monoisotopic (exact) mass is 342 g/mol. The number of fused-ring (bicyclic) bond motifs is 1. The van der Waals surface area contributed by atoms with E-state index in [0.717, 1.165) is 7.58 Å². The third-order valence-electron chi connectivity index (χ3n) is 1.86. The van der Waals surface area contributed by atoms with Crippen LogP contribution in [0.4, 0.5) is 8.78 Å². The zero-order valence-corrected chi connectivity index (χ0v) is 10.7. The van der Waals surface area contributed by atoms with Crippen LogP contribution < -0.4 is 0 Å². The van der Waals surface area contributed by atoms with Crippen LogP contribution in [0.3, 0.4) is 0 Å². The normalized spacial score (nSPS) is 11.5. The quantitative estimate of drug-likeness (QED) is 0.562. The van der Waals surface area contributed by atoms with E-state index < -0.39 is 6.43 Å². The second-order valence-corrected chi connectivity index (χ2v) is 6.29. The highest BCUT2D eigenvalue weighted by Crippen LogP contribution is 2.35. The highest BCUT2D eigenvalue weighted by atomic mass is 127. The minimum atomic E-state index is -2.44. The molecule has 1 aromatic heterocycles. The summed E-state index contributed by atoms with van der Waals surface area (Å²) in [5, 5.41) is 0.646. The molecule has 0 fully saturated rings. The second kappa shape index (κ2) is 3.94. The highest BCUT2D eigenvalue weighted by Gasteiger charge is 2.14. The largest absolute Gasteiger partial charge is 0.264 e. The van der Waals surface area contributed by atoms with Gasteiger partial charge in [-0.05, 0) is 40.8 Å². The topological polar surface area (TPSA) is 0 Å². The van der Waals surface area contributed by atoms with Gasteiger partial charge < -0.3 is 0 Å². The standard InChI is InChI=1S/C9H5F2IS2/c10-9(11)6-1-4(13)2-7-5(6)3-8(12)14-7/h1-3,9,13H. The fourth-order valence-corrected chi connectivity index (χ4v) is 3.54. The van der Waals surface area contributed by atoms with E-state index in [0.29, 0.717) is 10.3 Å². The predicted molar refractivity (Wildman–Crippen MR) is 66.8 cm³/mol. The van der Waals surface area contributed by atoms with Gasteiger partial charge in [0, 0.05) is 20.5 Å². The SMILES string of the molecule is FC(F)c1cc(S)cc2sc(I)cc12. The van der Waals surface area contributed by atoms with E-state index in [4.69, 9.17) is 0 Å². The van der Waals surface area contributed by atoms with E-state index in [1.807, 2.05) is 6.07 Å². The van der Waals surface area contributed by atoms with E-state index in [2.05, 4.69) is 35.2 Å². The van der Waals surface area contributed by atoms with Gasteiger partial charge in [-0.1, -0.05) is 0 Å². The molecule has 0 atom stereocenters. The van der Waals surface area contributed by atoms with Crippen LogP contribution in [0.15, 0.2) is 23.1 Å². The minimum absolute atomic E-state index is 0.0756. The van der Waals surface area contributed by atoms with E-state index in [1.165, 1.54) is 17.4 Å². The predicted octanol–water partition coefficient (Wildman–Crippen LogP) is 4.73. The number of benzene rings is 1. The number of alkyl halides is 2. The first-order valence-electron chi connectivity index (χ1n) is 3.78. The summed E-state index contributed by atoms with van der Waals surface area (Å²) in [7, 11) is 0. The molecule has 0 amide bonds. The van der Waals surface area contributed by atoms with Crippen LogP contribution in [0.5, 0.6) is 0 Å². The van der Waals surface area contributed by atoms with Gasteiger partial charge in [0.15, 0.2) is 0 Å². The lowest BCUT2D eigenvalue weighted by atomic mass is 10.1. The summed E-state index contributed by atoms with van der Waals surface area (Å²) in [4.78, 5) is 0.589. The lowest BCUT2D eigenvalue weighted by molar-refractivity contribution is 0.153. The zero-order valence-electron chi connectivity index (χ0n) is 6.80. The fourth-order valence-electron chi connectivity index (χ4n) is 1.30. The Morgan fingerprint density at radius 2 is 2.00 bits per heavy atom. The molecule has 0 N–H and O–H groups in total. The Labute approximate surface area is 103 Å². The molecule has 0 radical (unpaired) electrons. The minimum Gasteiger partial charge on any atom is -0.205 e. The van der Waals surface area contributed by atoms with Crippen molar-refractivity contribution < 1.29 is 8.78 Å². The van der Waals surface area contributed by atoms with Gasteiger partial charge in [-0.2, -0.15) is 0 Å². The van der Waals surface area contributed by atoms with Crippen LogP contribution >= 0.6 is 46.6 Å². The summed E-state index contributed by atoms with van der Waals surface area (Å²) >= 11 is 7.74. The molecule has 74 valence electrons. The van der Waals surface area contributed by atoms with Crippen LogP contribution in [0.2, 0.25) is 0 Å². The molecule has 1 aromatic carbocycles. The van der Waals surface area contributed by atoms with Crippen molar-refractivity contribution in [3.8, 4) is 0 Å². The van der Waals surface area contributed by atoms with Gasteiger partial charge in [-0.3, -0.25) is 0 Å². The summed E-state index contributed by atoms with van der Waals surface area (Å²) in [6.45, 7) is 0. The lowest BCUT2D eigenvalue weighted by Crippen LogP contribution is -1.84. The Morgan fingerprint density at radius 3 is 2.64 bits per heavy atom. The molecule has 0 saturated carbocycles. The first-order valence-corrected chi connectivity index (χ1v) is 6.12. The average molecular weight is 342 g/mol. The van der Waals surface area contributed by atoms with Crippen LogP contribution in [-0.4, -0.2) is 0 Å². The molecule has 14 heavy (non-hydrogen) atoms. The third kappa shape index (κ3) is 1.90. The Hall–Kier alpha value is 0.120. The molecular weight excluding hydrogens is 337 g/mol. The van der Waals surface area contributed by atoms with Crippen LogP contribution in [0.1, 0.15) is 12.0 Å². The van der Waals surface area contributed by atoms with Gasteiger partial charge in [0.2, 0.25) is 0 Å².